The first-order valence-corrected chi connectivity index (χ1v) is 11.9. The summed E-state index contributed by atoms with van der Waals surface area (Å²) < 4.78 is 8.53. The third-order valence-corrected chi connectivity index (χ3v) is 16.6. The standard InChI is InChI=1S/C8H18N2.C8H18N.Sn/c1-6(2)9-8(5)10-7(3)4;1-7(2,3)9-8(4,5)6;/h6-8H,1-5H3;1-6H3;/q-2;-1;+3. The van der Waals surface area contributed by atoms with E-state index < -0.39 is 20.6 Å². The summed E-state index contributed by atoms with van der Waals surface area (Å²) in [5.41, 5.74) is 0.459. The summed E-state index contributed by atoms with van der Waals surface area (Å²) in [6.07, 6.45) is 0.608. The Labute approximate surface area is 135 Å². The van der Waals surface area contributed by atoms with Crippen LogP contribution in [0.15, 0.2) is 0 Å². The molecule has 0 atom stereocenters. The van der Waals surface area contributed by atoms with Gasteiger partial charge in [0.25, 0.3) is 0 Å². The van der Waals surface area contributed by atoms with Crippen LogP contribution in [-0.2, 0) is 0 Å². The third kappa shape index (κ3) is 3.53. The molecule has 0 aromatic carbocycles. The molecular formula is C16H36N3Sn. The van der Waals surface area contributed by atoms with E-state index in [2.05, 4.69) is 85.5 Å². The molecule has 0 amide bonds. The van der Waals surface area contributed by atoms with E-state index in [4.69, 9.17) is 0 Å². The van der Waals surface area contributed by atoms with Crippen LogP contribution in [0.5, 0.6) is 0 Å². The Balaban J connectivity index is 3.20. The van der Waals surface area contributed by atoms with Gasteiger partial charge in [0, 0.05) is 0 Å². The molecule has 0 aromatic rings. The maximum atomic E-state index is 2.86. The molecule has 1 fully saturated rings. The Morgan fingerprint density at radius 3 is 1.30 bits per heavy atom. The molecule has 1 rings (SSSR count). The van der Waals surface area contributed by atoms with Crippen LogP contribution in [0.3, 0.4) is 0 Å². The van der Waals surface area contributed by atoms with Crippen LogP contribution in [0, 0.1) is 0 Å². The second-order valence-electron chi connectivity index (χ2n) is 8.61. The van der Waals surface area contributed by atoms with Crippen LogP contribution in [0.4, 0.5) is 0 Å². The van der Waals surface area contributed by atoms with E-state index in [-0.39, 0.29) is 11.1 Å². The second-order valence-corrected chi connectivity index (χ2v) is 14.5. The van der Waals surface area contributed by atoms with Gasteiger partial charge >= 0.3 is 135 Å². The Bertz CT molecular complexity index is 298. The van der Waals surface area contributed by atoms with Crippen molar-refractivity contribution in [3.63, 3.8) is 0 Å². The first-order chi connectivity index (χ1) is 8.80. The van der Waals surface area contributed by atoms with E-state index in [0.29, 0.717) is 18.2 Å². The van der Waals surface area contributed by atoms with E-state index >= 15 is 0 Å². The molecule has 0 unspecified atom stereocenters. The number of nitrogens with zero attached hydrogens (tertiary/aromatic N) is 3. The van der Waals surface area contributed by atoms with Crippen LogP contribution in [0.1, 0.15) is 76.2 Å². The van der Waals surface area contributed by atoms with Crippen LogP contribution in [-0.4, -0.2) is 59.3 Å². The molecule has 1 heterocycles. The van der Waals surface area contributed by atoms with E-state index in [0.717, 1.165) is 0 Å². The predicted octanol–water partition coefficient (Wildman–Crippen LogP) is 3.65. The number of rotatable bonds is 3. The average Bonchev–Trinajstić information content (AvgIpc) is 2.09. The molecule has 1 aliphatic rings. The second kappa shape index (κ2) is 6.05. The van der Waals surface area contributed by atoms with Crippen LogP contribution in [0.25, 0.3) is 0 Å². The van der Waals surface area contributed by atoms with Gasteiger partial charge in [0.1, 0.15) is 0 Å². The van der Waals surface area contributed by atoms with Gasteiger partial charge in [0.15, 0.2) is 0 Å². The van der Waals surface area contributed by atoms with E-state index in [1.54, 1.807) is 0 Å². The first-order valence-electron chi connectivity index (χ1n) is 8.04. The molecule has 0 aliphatic carbocycles. The van der Waals surface area contributed by atoms with Crippen LogP contribution < -0.4 is 0 Å². The molecule has 119 valence electrons. The van der Waals surface area contributed by atoms with Crippen molar-refractivity contribution in [2.75, 3.05) is 0 Å². The number of hydrogen-bond acceptors (Lipinski definition) is 3. The molecule has 1 aliphatic heterocycles. The van der Waals surface area contributed by atoms with Gasteiger partial charge in [-0.3, -0.25) is 0 Å². The van der Waals surface area contributed by atoms with Gasteiger partial charge in [-0.1, -0.05) is 0 Å². The zero-order valence-corrected chi connectivity index (χ0v) is 18.4. The zero-order chi connectivity index (χ0) is 16.0. The van der Waals surface area contributed by atoms with Gasteiger partial charge in [0.05, 0.1) is 0 Å². The molecular weight excluding hydrogens is 353 g/mol. The van der Waals surface area contributed by atoms with Crippen molar-refractivity contribution in [1.82, 2.24) is 9.36 Å². The fourth-order valence-electron chi connectivity index (χ4n) is 3.71. The van der Waals surface area contributed by atoms with Crippen molar-refractivity contribution in [3.8, 4) is 0 Å². The first kappa shape index (κ1) is 18.7. The summed E-state index contributed by atoms with van der Waals surface area (Å²) in [5.74, 6) is 0. The number of hydrogen-bond donors (Lipinski definition) is 0. The Morgan fingerprint density at radius 1 is 0.800 bits per heavy atom. The van der Waals surface area contributed by atoms with Crippen molar-refractivity contribution >= 4 is 20.6 Å². The molecule has 4 heteroatoms. The molecule has 0 bridgehead atoms. The van der Waals surface area contributed by atoms with Crippen molar-refractivity contribution in [1.29, 1.82) is 0 Å². The van der Waals surface area contributed by atoms with E-state index in [9.17, 15) is 0 Å². The summed E-state index contributed by atoms with van der Waals surface area (Å²) in [6.45, 7) is 26.1. The molecule has 0 saturated carbocycles. The average molecular weight is 389 g/mol. The Kier molecular flexibility index (Phi) is 5.67. The van der Waals surface area contributed by atoms with Crippen molar-refractivity contribution < 1.29 is 0 Å². The summed E-state index contributed by atoms with van der Waals surface area (Å²) in [7, 11) is 0. The predicted molar refractivity (Wildman–Crippen MR) is 90.5 cm³/mol. The SMILES string of the molecule is CC(C)[N]1C(C)[N](C(C)C)[Sn]1[N](C(C)(C)C)C(C)(C)C. The minimum absolute atomic E-state index is 0.230. The molecule has 3 nitrogen and oxygen atoms in total. The summed E-state index contributed by atoms with van der Waals surface area (Å²) in [5, 5.41) is 0. The van der Waals surface area contributed by atoms with Crippen molar-refractivity contribution in [2.24, 2.45) is 0 Å². The molecule has 0 N–H and O–H groups in total. The van der Waals surface area contributed by atoms with Gasteiger partial charge in [-0.2, -0.15) is 0 Å². The van der Waals surface area contributed by atoms with Gasteiger partial charge in [0.2, 0.25) is 0 Å². The zero-order valence-electron chi connectivity index (χ0n) is 15.6. The van der Waals surface area contributed by atoms with Gasteiger partial charge in [-0.25, -0.2) is 0 Å². The Hall–Kier alpha value is 0.679. The van der Waals surface area contributed by atoms with Crippen molar-refractivity contribution in [2.45, 2.75) is 105 Å². The summed E-state index contributed by atoms with van der Waals surface area (Å²) >= 11 is -1.96. The monoisotopic (exact) mass is 390 g/mol. The van der Waals surface area contributed by atoms with Crippen LogP contribution in [0.2, 0.25) is 0 Å². The normalized spacial score (nSPS) is 21.3. The molecule has 0 aromatic heterocycles. The van der Waals surface area contributed by atoms with E-state index in [1.807, 2.05) is 0 Å². The third-order valence-electron chi connectivity index (χ3n) is 3.92. The summed E-state index contributed by atoms with van der Waals surface area (Å²) in [6, 6.07) is 1.31. The molecule has 20 heavy (non-hydrogen) atoms. The van der Waals surface area contributed by atoms with Gasteiger partial charge < -0.3 is 0 Å². The summed E-state index contributed by atoms with van der Waals surface area (Å²) in [4.78, 5) is 0. The van der Waals surface area contributed by atoms with Gasteiger partial charge in [-0.15, -0.1) is 0 Å². The molecule has 0 spiro atoms. The van der Waals surface area contributed by atoms with Crippen LogP contribution >= 0.6 is 0 Å². The fraction of sp³-hybridized carbons (Fsp3) is 1.00. The molecule has 1 saturated heterocycles. The molecule has 1 radical (unpaired) electrons. The topological polar surface area (TPSA) is 9.72 Å². The van der Waals surface area contributed by atoms with Gasteiger partial charge in [-0.05, 0) is 0 Å². The fourth-order valence-corrected chi connectivity index (χ4v) is 14.0. The Morgan fingerprint density at radius 2 is 1.10 bits per heavy atom. The van der Waals surface area contributed by atoms with E-state index in [1.165, 1.54) is 0 Å². The minimum atomic E-state index is -1.96. The van der Waals surface area contributed by atoms with Crippen molar-refractivity contribution in [3.05, 3.63) is 0 Å². The quantitative estimate of drug-likeness (QED) is 0.683. The maximum absolute atomic E-state index is 2.86.